The largest absolute Gasteiger partial charge is 0.381 e. The molecule has 6 nitrogen and oxygen atoms in total. The van der Waals surface area contributed by atoms with Gasteiger partial charge < -0.3 is 20.1 Å². The van der Waals surface area contributed by atoms with E-state index in [-0.39, 0.29) is 0 Å². The Bertz CT molecular complexity index is 461. The average molecular weight is 334 g/mol. The van der Waals surface area contributed by atoms with Gasteiger partial charge in [0.25, 0.3) is 0 Å². The molecule has 0 unspecified atom stereocenters. The van der Waals surface area contributed by atoms with E-state index in [9.17, 15) is 0 Å². The van der Waals surface area contributed by atoms with Gasteiger partial charge in [-0.15, -0.1) is 0 Å². The summed E-state index contributed by atoms with van der Waals surface area (Å²) in [6, 6.07) is 5.98. The van der Waals surface area contributed by atoms with Crippen molar-refractivity contribution in [3.63, 3.8) is 0 Å². The number of pyridine rings is 1. The molecule has 1 aromatic rings. The van der Waals surface area contributed by atoms with Crippen LogP contribution in [0.4, 0.5) is 0 Å². The second kappa shape index (κ2) is 11.8. The molecule has 0 aliphatic carbocycles. The molecule has 0 saturated carbocycles. The monoisotopic (exact) mass is 334 g/mol. The molecule has 1 fully saturated rings. The Kier molecular flexibility index (Phi) is 9.19. The fourth-order valence-electron chi connectivity index (χ4n) is 2.62. The maximum Gasteiger partial charge on any atom is 0.190 e. The molecule has 24 heavy (non-hydrogen) atoms. The molecule has 1 aliphatic heterocycles. The van der Waals surface area contributed by atoms with Crippen LogP contribution in [-0.2, 0) is 15.9 Å². The molecule has 1 saturated heterocycles. The van der Waals surface area contributed by atoms with Gasteiger partial charge in [0.2, 0.25) is 0 Å². The van der Waals surface area contributed by atoms with E-state index in [2.05, 4.69) is 20.6 Å². The van der Waals surface area contributed by atoms with Gasteiger partial charge in [-0.1, -0.05) is 6.07 Å². The molecular weight excluding hydrogens is 304 g/mol. The van der Waals surface area contributed by atoms with Gasteiger partial charge in [-0.25, -0.2) is 0 Å². The number of ether oxygens (including phenoxy) is 2. The van der Waals surface area contributed by atoms with Crippen molar-refractivity contribution in [1.29, 1.82) is 0 Å². The summed E-state index contributed by atoms with van der Waals surface area (Å²) >= 11 is 0. The Hall–Kier alpha value is -1.66. The third-order valence-corrected chi connectivity index (χ3v) is 4.08. The molecule has 1 aliphatic rings. The van der Waals surface area contributed by atoms with E-state index >= 15 is 0 Å². The molecule has 1 aromatic heterocycles. The van der Waals surface area contributed by atoms with E-state index in [0.29, 0.717) is 5.92 Å². The molecule has 0 bridgehead atoms. The van der Waals surface area contributed by atoms with E-state index < -0.39 is 0 Å². The summed E-state index contributed by atoms with van der Waals surface area (Å²) in [5.41, 5.74) is 1.09. The Morgan fingerprint density at radius 3 is 2.88 bits per heavy atom. The first-order chi connectivity index (χ1) is 11.9. The number of hydrogen-bond donors (Lipinski definition) is 2. The van der Waals surface area contributed by atoms with E-state index in [4.69, 9.17) is 9.47 Å². The quantitative estimate of drug-likeness (QED) is 0.408. The summed E-state index contributed by atoms with van der Waals surface area (Å²) < 4.78 is 11.1. The van der Waals surface area contributed by atoms with E-state index in [0.717, 1.165) is 76.9 Å². The van der Waals surface area contributed by atoms with Gasteiger partial charge in [-0.05, 0) is 37.3 Å². The Morgan fingerprint density at radius 1 is 1.29 bits per heavy atom. The number of nitrogens with one attached hydrogen (secondary N) is 2. The van der Waals surface area contributed by atoms with Crippen LogP contribution in [0, 0.1) is 5.92 Å². The highest BCUT2D eigenvalue weighted by Crippen LogP contribution is 2.14. The third kappa shape index (κ3) is 7.75. The molecule has 0 atom stereocenters. The van der Waals surface area contributed by atoms with Crippen molar-refractivity contribution in [1.82, 2.24) is 15.6 Å². The summed E-state index contributed by atoms with van der Waals surface area (Å²) in [6.45, 7) is 5.09. The molecule has 2 heterocycles. The first kappa shape index (κ1) is 18.7. The van der Waals surface area contributed by atoms with Crippen molar-refractivity contribution in [2.45, 2.75) is 25.7 Å². The number of guanidine groups is 1. The second-order valence-electron chi connectivity index (χ2n) is 5.98. The average Bonchev–Trinajstić information content (AvgIpc) is 2.64. The molecule has 0 radical (unpaired) electrons. The minimum atomic E-state index is 0.674. The lowest BCUT2D eigenvalue weighted by Gasteiger charge is -2.21. The first-order valence-corrected chi connectivity index (χ1v) is 8.88. The Morgan fingerprint density at radius 2 is 2.12 bits per heavy atom. The minimum Gasteiger partial charge on any atom is -0.381 e. The van der Waals surface area contributed by atoms with Crippen LogP contribution in [-0.4, -0.2) is 57.5 Å². The number of rotatable bonds is 9. The van der Waals surface area contributed by atoms with Crippen molar-refractivity contribution in [2.24, 2.45) is 10.9 Å². The SMILES string of the molecule is CN=C(NCCCOCC1CCOCC1)NCCc1ccccn1. The number of nitrogens with zero attached hydrogens (tertiary/aromatic N) is 2. The van der Waals surface area contributed by atoms with Crippen LogP contribution in [0.25, 0.3) is 0 Å². The second-order valence-corrected chi connectivity index (χ2v) is 5.98. The third-order valence-electron chi connectivity index (χ3n) is 4.08. The zero-order valence-corrected chi connectivity index (χ0v) is 14.7. The van der Waals surface area contributed by atoms with Crippen molar-refractivity contribution < 1.29 is 9.47 Å². The van der Waals surface area contributed by atoms with Crippen LogP contribution in [0.3, 0.4) is 0 Å². The van der Waals surface area contributed by atoms with Gasteiger partial charge in [0.05, 0.1) is 0 Å². The molecular formula is C18H30N4O2. The van der Waals surface area contributed by atoms with Gasteiger partial charge in [-0.2, -0.15) is 0 Å². The minimum absolute atomic E-state index is 0.674. The van der Waals surface area contributed by atoms with E-state index in [1.807, 2.05) is 24.4 Å². The van der Waals surface area contributed by atoms with Gasteiger partial charge >= 0.3 is 0 Å². The molecule has 0 aromatic carbocycles. The normalized spacial score (nSPS) is 16.1. The molecule has 2 rings (SSSR count). The highest BCUT2D eigenvalue weighted by molar-refractivity contribution is 5.79. The number of aromatic nitrogens is 1. The lowest BCUT2D eigenvalue weighted by molar-refractivity contribution is 0.0203. The summed E-state index contributed by atoms with van der Waals surface area (Å²) in [5, 5.41) is 6.62. The molecule has 0 amide bonds. The number of hydrogen-bond acceptors (Lipinski definition) is 4. The van der Waals surface area contributed by atoms with Crippen molar-refractivity contribution in [2.75, 3.05) is 46.6 Å². The van der Waals surface area contributed by atoms with Crippen LogP contribution < -0.4 is 10.6 Å². The molecule has 2 N–H and O–H groups in total. The summed E-state index contributed by atoms with van der Waals surface area (Å²) in [5.74, 6) is 1.50. The fraction of sp³-hybridized carbons (Fsp3) is 0.667. The van der Waals surface area contributed by atoms with Gasteiger partial charge in [-0.3, -0.25) is 9.98 Å². The predicted octanol–water partition coefficient (Wildman–Crippen LogP) is 1.62. The standard InChI is InChI=1S/C18H30N4O2/c1-19-18(22-11-6-17-5-2-3-9-20-17)21-10-4-12-24-15-16-7-13-23-14-8-16/h2-3,5,9,16H,4,6-8,10-15H2,1H3,(H2,19,21,22). The van der Waals surface area contributed by atoms with Gasteiger partial charge in [0.15, 0.2) is 5.96 Å². The van der Waals surface area contributed by atoms with Gasteiger partial charge in [0, 0.05) is 64.9 Å². The van der Waals surface area contributed by atoms with Crippen molar-refractivity contribution in [3.05, 3.63) is 30.1 Å². The van der Waals surface area contributed by atoms with E-state index in [1.165, 1.54) is 0 Å². The van der Waals surface area contributed by atoms with Crippen molar-refractivity contribution in [3.8, 4) is 0 Å². The van der Waals surface area contributed by atoms with Crippen LogP contribution in [0.15, 0.2) is 29.4 Å². The predicted molar refractivity (Wildman–Crippen MR) is 96.3 cm³/mol. The molecule has 0 spiro atoms. The molecule has 134 valence electrons. The topological polar surface area (TPSA) is 67.8 Å². The fourth-order valence-corrected chi connectivity index (χ4v) is 2.62. The maximum absolute atomic E-state index is 5.76. The molecule has 6 heteroatoms. The Balaban J connectivity index is 1.47. The maximum atomic E-state index is 5.76. The first-order valence-electron chi connectivity index (χ1n) is 8.88. The lowest BCUT2D eigenvalue weighted by atomic mass is 10.0. The lowest BCUT2D eigenvalue weighted by Crippen LogP contribution is -2.39. The summed E-state index contributed by atoms with van der Waals surface area (Å²) in [6.07, 6.45) is 5.94. The van der Waals surface area contributed by atoms with E-state index in [1.54, 1.807) is 7.05 Å². The number of aliphatic imine (C=N–C) groups is 1. The van der Waals surface area contributed by atoms with Crippen LogP contribution in [0.5, 0.6) is 0 Å². The van der Waals surface area contributed by atoms with Crippen molar-refractivity contribution >= 4 is 5.96 Å². The highest BCUT2D eigenvalue weighted by atomic mass is 16.5. The summed E-state index contributed by atoms with van der Waals surface area (Å²) in [7, 11) is 1.79. The zero-order chi connectivity index (χ0) is 16.9. The zero-order valence-electron chi connectivity index (χ0n) is 14.7. The summed E-state index contributed by atoms with van der Waals surface area (Å²) in [4.78, 5) is 8.54. The van der Waals surface area contributed by atoms with Crippen LogP contribution >= 0.6 is 0 Å². The smallest absolute Gasteiger partial charge is 0.190 e. The Labute approximate surface area is 145 Å². The van der Waals surface area contributed by atoms with Crippen LogP contribution in [0.2, 0.25) is 0 Å². The van der Waals surface area contributed by atoms with Crippen LogP contribution in [0.1, 0.15) is 25.0 Å². The van der Waals surface area contributed by atoms with Gasteiger partial charge in [0.1, 0.15) is 0 Å². The highest BCUT2D eigenvalue weighted by Gasteiger charge is 2.13.